The van der Waals surface area contributed by atoms with Gasteiger partial charge in [-0.1, -0.05) is 30.3 Å². The lowest BCUT2D eigenvalue weighted by atomic mass is 10.2. The summed E-state index contributed by atoms with van der Waals surface area (Å²) in [6, 6.07) is 16.5. The summed E-state index contributed by atoms with van der Waals surface area (Å²) in [6.45, 7) is 0. The van der Waals surface area contributed by atoms with E-state index >= 15 is 0 Å². The van der Waals surface area contributed by atoms with E-state index in [9.17, 15) is 4.79 Å². The molecule has 0 aliphatic rings. The van der Waals surface area contributed by atoms with Gasteiger partial charge in [-0.2, -0.15) is 0 Å². The number of aromatic nitrogens is 2. The van der Waals surface area contributed by atoms with Gasteiger partial charge in [0.05, 0.1) is 11.3 Å². The first-order valence-electron chi connectivity index (χ1n) is 6.36. The van der Waals surface area contributed by atoms with E-state index in [1.54, 1.807) is 24.3 Å². The Balaban J connectivity index is 2.02. The molecule has 0 saturated carbocycles. The van der Waals surface area contributed by atoms with Crippen LogP contribution in [-0.4, -0.2) is 20.6 Å². The van der Waals surface area contributed by atoms with Crippen molar-refractivity contribution in [3.05, 3.63) is 71.1 Å². The van der Waals surface area contributed by atoms with Crippen LogP contribution >= 0.6 is 12.2 Å². The Labute approximate surface area is 126 Å². The molecule has 1 heterocycles. The van der Waals surface area contributed by atoms with Crippen molar-refractivity contribution in [1.82, 2.24) is 9.55 Å². The minimum atomic E-state index is -0.941. The lowest BCUT2D eigenvalue weighted by Gasteiger charge is -2.02. The molecule has 0 aliphatic carbocycles. The first kappa shape index (κ1) is 13.3. The number of carboxylic acids is 1. The van der Waals surface area contributed by atoms with Crippen LogP contribution in [-0.2, 0) is 0 Å². The number of nitrogens with one attached hydrogen (secondary N) is 1. The van der Waals surface area contributed by atoms with Crippen LogP contribution in [0.25, 0.3) is 16.9 Å². The Morgan fingerprint density at radius 1 is 1.05 bits per heavy atom. The Morgan fingerprint density at radius 3 is 2.33 bits per heavy atom. The predicted octanol–water partition coefficient (Wildman–Crippen LogP) is 3.90. The molecule has 0 radical (unpaired) electrons. The molecule has 0 bridgehead atoms. The Morgan fingerprint density at radius 2 is 1.71 bits per heavy atom. The van der Waals surface area contributed by atoms with E-state index in [2.05, 4.69) is 4.98 Å². The molecule has 2 aromatic carbocycles. The number of hydrogen-bond acceptors (Lipinski definition) is 2. The van der Waals surface area contributed by atoms with Gasteiger partial charge in [-0.15, -0.1) is 0 Å². The van der Waals surface area contributed by atoms with Crippen molar-refractivity contribution in [2.45, 2.75) is 0 Å². The number of H-pyrrole nitrogens is 1. The summed E-state index contributed by atoms with van der Waals surface area (Å²) in [5, 5.41) is 8.92. The first-order valence-corrected chi connectivity index (χ1v) is 6.77. The fourth-order valence-corrected chi connectivity index (χ4v) is 2.38. The van der Waals surface area contributed by atoms with Gasteiger partial charge in [0.15, 0.2) is 4.77 Å². The summed E-state index contributed by atoms with van der Waals surface area (Å²) >= 11 is 5.33. The van der Waals surface area contributed by atoms with Gasteiger partial charge in [-0.3, -0.25) is 4.57 Å². The Bertz CT molecular complexity index is 833. The number of imidazole rings is 1. The molecule has 4 nitrogen and oxygen atoms in total. The lowest BCUT2D eigenvalue weighted by Crippen LogP contribution is -1.97. The number of nitrogens with zero attached hydrogens (tertiary/aromatic N) is 1. The van der Waals surface area contributed by atoms with Gasteiger partial charge in [0.2, 0.25) is 0 Å². The van der Waals surface area contributed by atoms with Gasteiger partial charge < -0.3 is 10.1 Å². The van der Waals surface area contributed by atoms with Crippen LogP contribution in [0.3, 0.4) is 0 Å². The highest BCUT2D eigenvalue weighted by molar-refractivity contribution is 7.71. The third-order valence-corrected chi connectivity index (χ3v) is 3.49. The summed E-state index contributed by atoms with van der Waals surface area (Å²) in [4.78, 5) is 14.0. The number of aromatic amines is 1. The van der Waals surface area contributed by atoms with Crippen LogP contribution in [0.1, 0.15) is 10.4 Å². The van der Waals surface area contributed by atoms with Crippen LogP contribution < -0.4 is 0 Å². The van der Waals surface area contributed by atoms with Crippen LogP contribution in [0.15, 0.2) is 60.8 Å². The number of carbonyl (C=O) groups is 1. The van der Waals surface area contributed by atoms with Gasteiger partial charge >= 0.3 is 5.97 Å². The molecule has 3 rings (SSSR count). The molecule has 0 spiro atoms. The maximum Gasteiger partial charge on any atom is 0.335 e. The molecule has 0 saturated heterocycles. The summed E-state index contributed by atoms with van der Waals surface area (Å²) < 4.78 is 2.39. The zero-order valence-corrected chi connectivity index (χ0v) is 11.8. The van der Waals surface area contributed by atoms with Crippen molar-refractivity contribution >= 4 is 18.2 Å². The Kier molecular flexibility index (Phi) is 3.41. The highest BCUT2D eigenvalue weighted by Crippen LogP contribution is 2.20. The van der Waals surface area contributed by atoms with Crippen molar-refractivity contribution in [1.29, 1.82) is 0 Å². The lowest BCUT2D eigenvalue weighted by molar-refractivity contribution is 0.0697. The average molecular weight is 296 g/mol. The third-order valence-electron chi connectivity index (χ3n) is 3.20. The van der Waals surface area contributed by atoms with E-state index in [-0.39, 0.29) is 5.56 Å². The second-order valence-electron chi connectivity index (χ2n) is 4.56. The van der Waals surface area contributed by atoms with Crippen molar-refractivity contribution < 1.29 is 9.90 Å². The summed E-state index contributed by atoms with van der Waals surface area (Å²) in [5.41, 5.74) is 3.04. The number of rotatable bonds is 3. The third kappa shape index (κ3) is 2.64. The monoisotopic (exact) mass is 296 g/mol. The number of aromatic carboxylic acids is 1. The van der Waals surface area contributed by atoms with E-state index in [0.717, 1.165) is 16.9 Å². The molecule has 0 fully saturated rings. The van der Waals surface area contributed by atoms with E-state index < -0.39 is 5.97 Å². The largest absolute Gasteiger partial charge is 0.478 e. The van der Waals surface area contributed by atoms with Gasteiger partial charge in [0.25, 0.3) is 0 Å². The zero-order chi connectivity index (χ0) is 14.8. The second kappa shape index (κ2) is 5.38. The minimum absolute atomic E-state index is 0.254. The van der Waals surface area contributed by atoms with E-state index in [4.69, 9.17) is 17.3 Å². The van der Waals surface area contributed by atoms with E-state index in [1.165, 1.54) is 0 Å². The number of carboxylic acid groups (broad SMARTS) is 1. The molecular weight excluding hydrogens is 284 g/mol. The van der Waals surface area contributed by atoms with E-state index in [1.807, 2.05) is 41.1 Å². The molecule has 21 heavy (non-hydrogen) atoms. The molecule has 1 aromatic heterocycles. The molecule has 104 valence electrons. The van der Waals surface area contributed by atoms with Gasteiger partial charge in [0.1, 0.15) is 0 Å². The van der Waals surface area contributed by atoms with Gasteiger partial charge in [-0.05, 0) is 42.0 Å². The van der Waals surface area contributed by atoms with Crippen LogP contribution in [0, 0.1) is 4.77 Å². The van der Waals surface area contributed by atoms with Crippen LogP contribution in [0.5, 0.6) is 0 Å². The molecule has 0 amide bonds. The maximum absolute atomic E-state index is 10.9. The smallest absolute Gasteiger partial charge is 0.335 e. The topological polar surface area (TPSA) is 58.0 Å². The van der Waals surface area contributed by atoms with Crippen molar-refractivity contribution in [3.8, 4) is 16.9 Å². The summed E-state index contributed by atoms with van der Waals surface area (Å²) in [6.07, 6.45) is 1.91. The number of benzene rings is 2. The zero-order valence-electron chi connectivity index (χ0n) is 11.0. The fraction of sp³-hybridized carbons (Fsp3) is 0. The predicted molar refractivity (Wildman–Crippen MR) is 83.3 cm³/mol. The molecule has 5 heteroatoms. The average Bonchev–Trinajstić information content (AvgIpc) is 2.90. The summed E-state index contributed by atoms with van der Waals surface area (Å²) in [7, 11) is 0. The van der Waals surface area contributed by atoms with Crippen molar-refractivity contribution in [2.24, 2.45) is 0 Å². The van der Waals surface area contributed by atoms with Crippen molar-refractivity contribution in [3.63, 3.8) is 0 Å². The molecule has 0 atom stereocenters. The van der Waals surface area contributed by atoms with Crippen molar-refractivity contribution in [2.75, 3.05) is 0 Å². The SMILES string of the molecule is O=C(O)c1ccc(-n2cc(-c3ccccc3)[nH]c2=S)cc1. The van der Waals surface area contributed by atoms with Gasteiger partial charge in [0, 0.05) is 11.9 Å². The molecule has 2 N–H and O–H groups in total. The van der Waals surface area contributed by atoms with Gasteiger partial charge in [-0.25, -0.2) is 4.79 Å². The highest BCUT2D eigenvalue weighted by atomic mass is 32.1. The first-order chi connectivity index (χ1) is 10.1. The van der Waals surface area contributed by atoms with Crippen LogP contribution in [0.4, 0.5) is 0 Å². The highest BCUT2D eigenvalue weighted by Gasteiger charge is 2.06. The quantitative estimate of drug-likeness (QED) is 0.721. The van der Waals surface area contributed by atoms with E-state index in [0.29, 0.717) is 4.77 Å². The second-order valence-corrected chi connectivity index (χ2v) is 4.95. The molecule has 3 aromatic rings. The summed E-state index contributed by atoms with van der Waals surface area (Å²) in [5.74, 6) is -0.941. The minimum Gasteiger partial charge on any atom is -0.478 e. The normalized spacial score (nSPS) is 10.5. The fourth-order valence-electron chi connectivity index (χ4n) is 2.12. The maximum atomic E-state index is 10.9. The standard InChI is InChI=1S/C16H12N2O2S/c19-15(20)12-6-8-13(9-7-12)18-10-14(17-16(18)21)11-4-2-1-3-5-11/h1-10H,(H,17,21)(H,19,20). The molecule has 0 unspecified atom stereocenters. The molecule has 0 aliphatic heterocycles. The number of hydrogen-bond donors (Lipinski definition) is 2. The van der Waals surface area contributed by atoms with Crippen LogP contribution in [0.2, 0.25) is 0 Å². The Hall–Kier alpha value is -2.66. The molecular formula is C16H12N2O2S.